The average molecular weight is 437 g/mol. The van der Waals surface area contributed by atoms with Crippen LogP contribution >= 0.6 is 0 Å². The second kappa shape index (κ2) is 10.1. The van der Waals surface area contributed by atoms with E-state index in [9.17, 15) is 9.90 Å². The largest absolute Gasteiger partial charge is 0.494 e. The number of fused-ring (bicyclic) bond motifs is 1. The van der Waals surface area contributed by atoms with Crippen molar-refractivity contribution in [1.29, 1.82) is 0 Å². The fourth-order valence-electron chi connectivity index (χ4n) is 4.26. The van der Waals surface area contributed by atoms with Crippen molar-refractivity contribution in [2.45, 2.75) is 45.3 Å². The van der Waals surface area contributed by atoms with Gasteiger partial charge >= 0.3 is 0 Å². The molecule has 32 heavy (non-hydrogen) atoms. The number of imidazole rings is 1. The number of nitrogens with one attached hydrogen (secondary N) is 2. The van der Waals surface area contributed by atoms with Gasteiger partial charge in [0.25, 0.3) is 5.91 Å². The molecule has 1 fully saturated rings. The number of ether oxygens (including phenoxy) is 1. The lowest BCUT2D eigenvalue weighted by molar-refractivity contribution is 0.0792. The molecule has 0 saturated carbocycles. The molecule has 0 radical (unpaired) electrons. The third-order valence-electron chi connectivity index (χ3n) is 6.12. The zero-order chi connectivity index (χ0) is 22.5. The van der Waals surface area contributed by atoms with Crippen LogP contribution in [0.15, 0.2) is 36.4 Å². The second-order valence-corrected chi connectivity index (χ2v) is 8.50. The maximum atomic E-state index is 12.0. The summed E-state index contributed by atoms with van der Waals surface area (Å²) in [4.78, 5) is 22.4. The Kier molecular flexibility index (Phi) is 7.07. The molecule has 7 nitrogen and oxygen atoms in total. The number of aryl methyl sites for hydroxylation is 2. The van der Waals surface area contributed by atoms with Gasteiger partial charge in [-0.3, -0.25) is 9.69 Å². The van der Waals surface area contributed by atoms with E-state index in [0.717, 1.165) is 73.5 Å². The number of aliphatic hydroxyl groups excluding tert-OH is 1. The van der Waals surface area contributed by atoms with Gasteiger partial charge in [0.05, 0.1) is 23.7 Å². The van der Waals surface area contributed by atoms with Crippen LogP contribution in [0.5, 0.6) is 5.75 Å². The molecule has 0 atom stereocenters. The number of hydrogen-bond donors (Lipinski definition) is 3. The number of aromatic amines is 1. The van der Waals surface area contributed by atoms with Crippen molar-refractivity contribution in [3.63, 3.8) is 0 Å². The number of amides is 1. The summed E-state index contributed by atoms with van der Waals surface area (Å²) in [7, 11) is 1.64. The van der Waals surface area contributed by atoms with Crippen molar-refractivity contribution >= 4 is 16.9 Å². The summed E-state index contributed by atoms with van der Waals surface area (Å²) in [6.45, 7) is 5.31. The van der Waals surface area contributed by atoms with Crippen LogP contribution in [0.2, 0.25) is 0 Å². The van der Waals surface area contributed by atoms with Crippen molar-refractivity contribution in [2.75, 3.05) is 26.7 Å². The normalized spacial score (nSPS) is 15.2. The Balaban J connectivity index is 1.29. The number of nitrogens with zero attached hydrogens (tertiary/aromatic N) is 2. The van der Waals surface area contributed by atoms with Crippen molar-refractivity contribution < 1.29 is 14.6 Å². The van der Waals surface area contributed by atoms with E-state index in [-0.39, 0.29) is 12.0 Å². The molecule has 0 bridgehead atoms. The molecule has 1 aliphatic heterocycles. The third kappa shape index (κ3) is 5.29. The summed E-state index contributed by atoms with van der Waals surface area (Å²) >= 11 is 0. The van der Waals surface area contributed by atoms with Crippen molar-refractivity contribution in [3.05, 3.63) is 58.9 Å². The molecule has 4 rings (SSSR count). The van der Waals surface area contributed by atoms with Gasteiger partial charge in [0.1, 0.15) is 11.6 Å². The highest BCUT2D eigenvalue weighted by Gasteiger charge is 2.17. The first-order valence-electron chi connectivity index (χ1n) is 11.4. The molecule has 3 aromatic rings. The Morgan fingerprint density at radius 1 is 1.28 bits per heavy atom. The van der Waals surface area contributed by atoms with Crippen LogP contribution in [0.3, 0.4) is 0 Å². The third-order valence-corrected chi connectivity index (χ3v) is 6.12. The number of benzene rings is 2. The number of likely N-dealkylation sites (tertiary alicyclic amines) is 1. The first-order valence-corrected chi connectivity index (χ1v) is 11.4. The minimum atomic E-state index is -0.144. The number of H-pyrrole nitrogens is 1. The van der Waals surface area contributed by atoms with Gasteiger partial charge in [-0.05, 0) is 61.6 Å². The average Bonchev–Trinajstić information content (AvgIpc) is 3.22. The topological polar surface area (TPSA) is 90.5 Å². The lowest BCUT2D eigenvalue weighted by Crippen LogP contribution is -2.35. The van der Waals surface area contributed by atoms with E-state index < -0.39 is 0 Å². The fourth-order valence-corrected chi connectivity index (χ4v) is 4.26. The maximum Gasteiger partial charge on any atom is 0.251 e. The van der Waals surface area contributed by atoms with Crippen LogP contribution in [-0.2, 0) is 13.0 Å². The van der Waals surface area contributed by atoms with Gasteiger partial charge in [-0.25, -0.2) is 4.98 Å². The highest BCUT2D eigenvalue weighted by Crippen LogP contribution is 2.21. The van der Waals surface area contributed by atoms with Crippen LogP contribution < -0.4 is 10.1 Å². The number of carbonyl (C=O) groups excluding carboxylic acids is 1. The molecule has 7 heteroatoms. The van der Waals surface area contributed by atoms with Crippen molar-refractivity contribution in [3.8, 4) is 5.75 Å². The molecule has 2 aromatic carbocycles. The minimum Gasteiger partial charge on any atom is -0.494 e. The highest BCUT2D eigenvalue weighted by molar-refractivity contribution is 5.99. The van der Waals surface area contributed by atoms with Gasteiger partial charge in [0.15, 0.2) is 0 Å². The van der Waals surface area contributed by atoms with Crippen molar-refractivity contribution in [2.24, 2.45) is 0 Å². The molecule has 1 amide bonds. The molecule has 2 heterocycles. The first-order chi connectivity index (χ1) is 15.5. The highest BCUT2D eigenvalue weighted by atomic mass is 16.5. The summed E-state index contributed by atoms with van der Waals surface area (Å²) in [5.41, 5.74) is 4.57. The second-order valence-electron chi connectivity index (χ2n) is 8.50. The molecule has 3 N–H and O–H groups in total. The first kappa shape index (κ1) is 22.3. The van der Waals surface area contributed by atoms with E-state index >= 15 is 0 Å². The lowest BCUT2D eigenvalue weighted by atomic mass is 10.1. The van der Waals surface area contributed by atoms with Gasteiger partial charge in [-0.15, -0.1) is 0 Å². The summed E-state index contributed by atoms with van der Waals surface area (Å²) in [5, 5.41) is 12.3. The fraction of sp³-hybridized carbons (Fsp3) is 0.440. The van der Waals surface area contributed by atoms with Crippen molar-refractivity contribution in [1.82, 2.24) is 20.2 Å². The molecule has 1 saturated heterocycles. The smallest absolute Gasteiger partial charge is 0.251 e. The van der Waals surface area contributed by atoms with E-state index in [1.165, 1.54) is 5.56 Å². The predicted octanol–water partition coefficient (Wildman–Crippen LogP) is 3.20. The summed E-state index contributed by atoms with van der Waals surface area (Å²) in [6, 6.07) is 12.0. The molecule has 170 valence electrons. The summed E-state index contributed by atoms with van der Waals surface area (Å²) < 4.78 is 5.98. The Morgan fingerprint density at radius 3 is 2.88 bits per heavy atom. The van der Waals surface area contributed by atoms with E-state index in [0.29, 0.717) is 12.2 Å². The van der Waals surface area contributed by atoms with E-state index in [1.807, 2.05) is 31.2 Å². The molecule has 0 spiro atoms. The Morgan fingerprint density at radius 2 is 2.09 bits per heavy atom. The summed E-state index contributed by atoms with van der Waals surface area (Å²) in [5.74, 6) is 1.69. The number of rotatable bonds is 8. The standard InChI is InChI=1S/C25H32N4O3/c1-17-21(25(31)26-2)8-9-22-24(17)28-23(27-22)7-4-14-32-20-6-3-5-18(15-20)16-29-12-10-19(30)11-13-29/h3,5-6,8-9,15,19,30H,4,7,10-14,16H2,1-2H3,(H,26,31)(H,27,28). The number of aliphatic hydroxyl groups is 1. The van der Waals surface area contributed by atoms with E-state index in [4.69, 9.17) is 9.72 Å². The van der Waals surface area contributed by atoms with Crippen LogP contribution in [-0.4, -0.2) is 58.7 Å². The van der Waals surface area contributed by atoms with Gasteiger partial charge in [-0.2, -0.15) is 0 Å². The van der Waals surface area contributed by atoms with E-state index in [2.05, 4.69) is 27.3 Å². The molecular weight excluding hydrogens is 404 g/mol. The van der Waals surface area contributed by atoms with Crippen LogP contribution in [0.4, 0.5) is 0 Å². The number of hydrogen-bond acceptors (Lipinski definition) is 5. The van der Waals surface area contributed by atoms with Gasteiger partial charge in [-0.1, -0.05) is 12.1 Å². The Labute approximate surface area is 188 Å². The number of aromatic nitrogens is 2. The zero-order valence-corrected chi connectivity index (χ0v) is 18.9. The van der Waals surface area contributed by atoms with Gasteiger partial charge in [0, 0.05) is 38.7 Å². The Bertz CT molecular complexity index is 1070. The van der Waals surface area contributed by atoms with E-state index in [1.54, 1.807) is 7.05 Å². The molecule has 1 aromatic heterocycles. The monoisotopic (exact) mass is 436 g/mol. The summed E-state index contributed by atoms with van der Waals surface area (Å²) in [6.07, 6.45) is 3.18. The molecule has 0 aliphatic carbocycles. The molecule has 1 aliphatic rings. The van der Waals surface area contributed by atoms with Gasteiger partial charge < -0.3 is 20.1 Å². The van der Waals surface area contributed by atoms with Gasteiger partial charge in [0.2, 0.25) is 0 Å². The number of piperidine rings is 1. The minimum absolute atomic E-state index is 0.0949. The Hall–Kier alpha value is -2.90. The van der Waals surface area contributed by atoms with Crippen LogP contribution in [0.1, 0.15) is 46.6 Å². The molecule has 0 unspecified atom stereocenters. The lowest BCUT2D eigenvalue weighted by Gasteiger charge is -2.29. The zero-order valence-electron chi connectivity index (χ0n) is 18.9. The molecular formula is C25H32N4O3. The maximum absolute atomic E-state index is 12.0. The van der Waals surface area contributed by atoms with Crippen LogP contribution in [0, 0.1) is 6.92 Å². The number of carbonyl (C=O) groups is 1. The quantitative estimate of drug-likeness (QED) is 0.472. The SMILES string of the molecule is CNC(=O)c1ccc2[nH]c(CCCOc3cccc(CN4CCC(O)CC4)c3)nc2c1C. The predicted molar refractivity (Wildman–Crippen MR) is 125 cm³/mol. The van der Waals surface area contributed by atoms with Crippen LogP contribution in [0.25, 0.3) is 11.0 Å².